The molecule has 0 saturated carbocycles. The number of ether oxygens (including phenoxy) is 1. The van der Waals surface area contributed by atoms with Gasteiger partial charge in [-0.05, 0) is 79.9 Å². The van der Waals surface area contributed by atoms with Crippen LogP contribution in [0.1, 0.15) is 39.5 Å². The number of carbonyl (C=O) groups is 2. The van der Waals surface area contributed by atoms with Crippen LogP contribution in [0.15, 0.2) is 103 Å². The van der Waals surface area contributed by atoms with Crippen LogP contribution >= 0.6 is 0 Å². The predicted molar refractivity (Wildman–Crippen MR) is 168 cm³/mol. The van der Waals surface area contributed by atoms with Gasteiger partial charge < -0.3 is 14.5 Å². The Morgan fingerprint density at radius 3 is 2.36 bits per heavy atom. The number of nitrogens with zero attached hydrogens (tertiary/aromatic N) is 3. The number of piperazine rings is 1. The Balaban J connectivity index is 1.17. The molecule has 6 rings (SSSR count). The van der Waals surface area contributed by atoms with Crippen molar-refractivity contribution in [2.24, 2.45) is 0 Å². The summed E-state index contributed by atoms with van der Waals surface area (Å²) in [7, 11) is 0. The molecule has 4 aromatic rings. The van der Waals surface area contributed by atoms with E-state index in [0.717, 1.165) is 28.9 Å². The summed E-state index contributed by atoms with van der Waals surface area (Å²) in [6, 6.07) is 31.9. The quantitative estimate of drug-likeness (QED) is 0.259. The Labute approximate surface area is 247 Å². The van der Waals surface area contributed by atoms with Crippen LogP contribution in [-0.4, -0.2) is 42.4 Å². The molecular weight excluding hydrogens is 522 g/mol. The minimum atomic E-state index is -0.198. The first-order valence-electron chi connectivity index (χ1n) is 14.4. The first-order valence-corrected chi connectivity index (χ1v) is 14.4. The van der Waals surface area contributed by atoms with Crippen molar-refractivity contribution in [2.75, 3.05) is 29.4 Å². The molecular formula is C36H35N3O3. The van der Waals surface area contributed by atoms with E-state index in [0.29, 0.717) is 30.9 Å². The van der Waals surface area contributed by atoms with Gasteiger partial charge >= 0.3 is 0 Å². The summed E-state index contributed by atoms with van der Waals surface area (Å²) in [6.07, 6.45) is 1.75. The third-order valence-electron chi connectivity index (χ3n) is 7.96. The van der Waals surface area contributed by atoms with E-state index in [-0.39, 0.29) is 23.6 Å². The predicted octanol–water partition coefficient (Wildman–Crippen LogP) is 6.62. The van der Waals surface area contributed by atoms with E-state index < -0.39 is 0 Å². The fourth-order valence-electron chi connectivity index (χ4n) is 5.80. The third-order valence-corrected chi connectivity index (χ3v) is 7.96. The SMILES string of the molecule is Cc1cccc(CN2C(=O)C(=Cc3ccc(C(=O)N4CCN(c5cccc(C)c5)C(C)C4)cc3)Oc3ccccc32)c1. The molecule has 0 bridgehead atoms. The number of hydrogen-bond acceptors (Lipinski definition) is 4. The van der Waals surface area contributed by atoms with Crippen molar-refractivity contribution in [3.05, 3.63) is 131 Å². The number of anilines is 2. The summed E-state index contributed by atoms with van der Waals surface area (Å²) in [4.78, 5) is 33.0. The van der Waals surface area contributed by atoms with Crippen LogP contribution in [0, 0.1) is 13.8 Å². The van der Waals surface area contributed by atoms with Crippen LogP contribution in [0.25, 0.3) is 6.08 Å². The van der Waals surface area contributed by atoms with E-state index in [2.05, 4.69) is 49.1 Å². The maximum Gasteiger partial charge on any atom is 0.294 e. The van der Waals surface area contributed by atoms with Gasteiger partial charge in [0.05, 0.1) is 12.2 Å². The van der Waals surface area contributed by atoms with Crippen molar-refractivity contribution in [3.8, 4) is 5.75 Å². The minimum absolute atomic E-state index is 0.0215. The Morgan fingerprint density at radius 1 is 0.881 bits per heavy atom. The molecule has 42 heavy (non-hydrogen) atoms. The van der Waals surface area contributed by atoms with Crippen molar-refractivity contribution >= 4 is 29.3 Å². The third kappa shape index (κ3) is 5.66. The molecule has 0 spiro atoms. The zero-order valence-corrected chi connectivity index (χ0v) is 24.3. The molecule has 0 radical (unpaired) electrons. The van der Waals surface area contributed by atoms with Crippen LogP contribution < -0.4 is 14.5 Å². The molecule has 1 unspecified atom stereocenters. The number of amides is 2. The number of aryl methyl sites for hydroxylation is 2. The van der Waals surface area contributed by atoms with Gasteiger partial charge in [-0.15, -0.1) is 0 Å². The Bertz CT molecular complexity index is 1660. The maximum absolute atomic E-state index is 13.6. The molecule has 1 saturated heterocycles. The molecule has 1 fully saturated rings. The summed E-state index contributed by atoms with van der Waals surface area (Å²) in [6.45, 7) is 8.88. The topological polar surface area (TPSA) is 53.1 Å². The van der Waals surface area contributed by atoms with Crippen LogP contribution in [-0.2, 0) is 11.3 Å². The van der Waals surface area contributed by atoms with Crippen LogP contribution in [0.2, 0.25) is 0 Å². The Kier molecular flexibility index (Phi) is 7.53. The number of para-hydroxylation sites is 2. The molecule has 1 atom stereocenters. The zero-order chi connectivity index (χ0) is 29.2. The second kappa shape index (κ2) is 11.6. The smallest absolute Gasteiger partial charge is 0.294 e. The van der Waals surface area contributed by atoms with Crippen molar-refractivity contribution in [1.29, 1.82) is 0 Å². The van der Waals surface area contributed by atoms with Gasteiger partial charge in [0.15, 0.2) is 11.5 Å². The lowest BCUT2D eigenvalue weighted by atomic mass is 10.1. The number of rotatable bonds is 5. The molecule has 2 aliphatic rings. The lowest BCUT2D eigenvalue weighted by molar-refractivity contribution is -0.117. The zero-order valence-electron chi connectivity index (χ0n) is 24.3. The minimum Gasteiger partial charge on any atom is -0.449 e. The number of benzene rings is 4. The van der Waals surface area contributed by atoms with Gasteiger partial charge in [-0.3, -0.25) is 14.5 Å². The molecule has 4 aromatic carbocycles. The van der Waals surface area contributed by atoms with Crippen LogP contribution in [0.3, 0.4) is 0 Å². The summed E-state index contributed by atoms with van der Waals surface area (Å²) in [5.74, 6) is 0.715. The Hall–Kier alpha value is -4.84. The monoisotopic (exact) mass is 557 g/mol. The Morgan fingerprint density at radius 2 is 1.62 bits per heavy atom. The van der Waals surface area contributed by atoms with E-state index in [9.17, 15) is 9.59 Å². The number of fused-ring (bicyclic) bond motifs is 1. The summed E-state index contributed by atoms with van der Waals surface area (Å²) in [5, 5.41) is 0. The van der Waals surface area contributed by atoms with E-state index in [1.54, 1.807) is 11.0 Å². The lowest BCUT2D eigenvalue weighted by Crippen LogP contribution is -2.53. The first-order chi connectivity index (χ1) is 20.4. The molecule has 2 heterocycles. The largest absolute Gasteiger partial charge is 0.449 e. The summed E-state index contributed by atoms with van der Waals surface area (Å²) < 4.78 is 6.07. The molecule has 0 aromatic heterocycles. The van der Waals surface area contributed by atoms with Crippen molar-refractivity contribution in [1.82, 2.24) is 4.90 Å². The van der Waals surface area contributed by atoms with Crippen LogP contribution in [0.5, 0.6) is 5.75 Å². The van der Waals surface area contributed by atoms with E-state index in [1.807, 2.05) is 78.6 Å². The number of hydrogen-bond donors (Lipinski definition) is 0. The second-order valence-electron chi connectivity index (χ2n) is 11.2. The fourth-order valence-corrected chi connectivity index (χ4v) is 5.80. The highest BCUT2D eigenvalue weighted by atomic mass is 16.5. The van der Waals surface area contributed by atoms with Crippen molar-refractivity contribution < 1.29 is 14.3 Å². The molecule has 0 N–H and O–H groups in total. The average molecular weight is 558 g/mol. The van der Waals surface area contributed by atoms with Gasteiger partial charge in [-0.2, -0.15) is 0 Å². The van der Waals surface area contributed by atoms with Crippen molar-refractivity contribution in [2.45, 2.75) is 33.4 Å². The van der Waals surface area contributed by atoms with Gasteiger partial charge in [-0.1, -0.05) is 66.2 Å². The summed E-state index contributed by atoms with van der Waals surface area (Å²) in [5.41, 5.74) is 6.81. The van der Waals surface area contributed by atoms with E-state index >= 15 is 0 Å². The molecule has 2 aliphatic heterocycles. The molecule has 0 aliphatic carbocycles. The molecule has 2 amide bonds. The normalized spacial score (nSPS) is 17.7. The van der Waals surface area contributed by atoms with E-state index in [1.165, 1.54) is 11.3 Å². The van der Waals surface area contributed by atoms with Gasteiger partial charge in [0.2, 0.25) is 0 Å². The van der Waals surface area contributed by atoms with Crippen LogP contribution in [0.4, 0.5) is 11.4 Å². The average Bonchev–Trinajstić information content (AvgIpc) is 2.99. The highest BCUT2D eigenvalue weighted by Gasteiger charge is 2.31. The summed E-state index contributed by atoms with van der Waals surface area (Å²) >= 11 is 0. The maximum atomic E-state index is 13.6. The first kappa shape index (κ1) is 27.3. The molecule has 6 heteroatoms. The second-order valence-corrected chi connectivity index (χ2v) is 11.2. The van der Waals surface area contributed by atoms with Gasteiger partial charge in [0.1, 0.15) is 0 Å². The van der Waals surface area contributed by atoms with E-state index in [4.69, 9.17) is 4.74 Å². The number of carbonyl (C=O) groups excluding carboxylic acids is 2. The fraction of sp³-hybridized carbons (Fsp3) is 0.222. The lowest BCUT2D eigenvalue weighted by Gasteiger charge is -2.41. The molecule has 212 valence electrons. The van der Waals surface area contributed by atoms with Crippen molar-refractivity contribution in [3.63, 3.8) is 0 Å². The van der Waals surface area contributed by atoms with Gasteiger partial charge in [0, 0.05) is 36.9 Å². The highest BCUT2D eigenvalue weighted by Crippen LogP contribution is 2.36. The highest BCUT2D eigenvalue weighted by molar-refractivity contribution is 6.09. The standard InChI is InChI=1S/C36H35N3O3/c1-25-8-6-10-29(20-25)24-39-32-12-4-5-13-33(32)42-34(36(39)41)22-28-14-16-30(17-15-28)35(40)37-18-19-38(27(3)23-37)31-11-7-9-26(2)21-31/h4-17,20-22,27H,18-19,23-24H2,1-3H3. The van der Waals surface area contributed by atoms with Gasteiger partial charge in [0.25, 0.3) is 11.8 Å². The molecule has 6 nitrogen and oxygen atoms in total. The van der Waals surface area contributed by atoms with Gasteiger partial charge in [-0.25, -0.2) is 0 Å².